The van der Waals surface area contributed by atoms with Gasteiger partial charge in [-0.25, -0.2) is 0 Å². The van der Waals surface area contributed by atoms with Crippen molar-refractivity contribution in [3.8, 4) is 0 Å². The van der Waals surface area contributed by atoms with Crippen molar-refractivity contribution in [3.05, 3.63) is 27.4 Å². The van der Waals surface area contributed by atoms with Gasteiger partial charge >= 0.3 is 0 Å². The first kappa shape index (κ1) is 13.4. The number of aromatic nitrogens is 2. The normalized spacial score (nSPS) is 35.9. The van der Waals surface area contributed by atoms with Gasteiger partial charge in [0.05, 0.1) is 6.61 Å². The fourth-order valence-corrected chi connectivity index (χ4v) is 2.26. The summed E-state index contributed by atoms with van der Waals surface area (Å²) < 4.78 is 6.77. The molecule has 7 nitrogen and oxygen atoms in total. The molecule has 2 heterocycles. The number of ether oxygens (including phenoxy) is 1. The van der Waals surface area contributed by atoms with Crippen LogP contribution in [-0.2, 0) is 4.74 Å². The number of rotatable bonds is 2. The Kier molecular flexibility index (Phi) is 3.39. The molecule has 1 aliphatic rings. The molecule has 8 heteroatoms. The van der Waals surface area contributed by atoms with Crippen LogP contribution < -0.4 is 5.56 Å². The smallest absolute Gasteiger partial charge is 0.251 e. The van der Waals surface area contributed by atoms with Gasteiger partial charge in [-0.05, 0) is 19.1 Å². The maximum absolute atomic E-state index is 11.1. The van der Waals surface area contributed by atoms with Gasteiger partial charge in [-0.2, -0.15) is 0 Å². The summed E-state index contributed by atoms with van der Waals surface area (Å²) in [5.41, 5.74) is -1.99. The summed E-state index contributed by atoms with van der Waals surface area (Å²) in [7, 11) is 0. The molecule has 0 amide bonds. The van der Waals surface area contributed by atoms with Crippen LogP contribution in [0.1, 0.15) is 13.2 Å². The minimum Gasteiger partial charge on any atom is -0.394 e. The lowest BCUT2D eigenvalue weighted by Crippen LogP contribution is -2.44. The van der Waals surface area contributed by atoms with Crippen LogP contribution in [0.25, 0.3) is 0 Å². The van der Waals surface area contributed by atoms with Crippen molar-refractivity contribution in [2.45, 2.75) is 31.0 Å². The van der Waals surface area contributed by atoms with Gasteiger partial charge in [0.1, 0.15) is 17.8 Å². The molecular formula is C10H14N2O5S. The van der Waals surface area contributed by atoms with Crippen molar-refractivity contribution in [1.82, 2.24) is 9.55 Å². The molecule has 1 aromatic heterocycles. The minimum absolute atomic E-state index is 0.0681. The third-order valence-corrected chi connectivity index (χ3v) is 3.35. The zero-order valence-electron chi connectivity index (χ0n) is 9.61. The lowest BCUT2D eigenvalue weighted by Gasteiger charge is -2.27. The SMILES string of the molecule is CC1(O)C(O)[C@@H](CO)O[C@H]1n1ccc(=O)[nH]c1=S. The van der Waals surface area contributed by atoms with E-state index in [-0.39, 0.29) is 10.3 Å². The topological polar surface area (TPSA) is 108 Å². The first-order valence-corrected chi connectivity index (χ1v) is 5.77. The molecule has 0 aromatic carbocycles. The van der Waals surface area contributed by atoms with Crippen LogP contribution in [-0.4, -0.2) is 49.3 Å². The van der Waals surface area contributed by atoms with Crippen molar-refractivity contribution < 1.29 is 20.1 Å². The van der Waals surface area contributed by atoms with E-state index in [4.69, 9.17) is 22.1 Å². The van der Waals surface area contributed by atoms with Crippen LogP contribution in [0.4, 0.5) is 0 Å². The fraction of sp³-hybridized carbons (Fsp3) is 0.600. The van der Waals surface area contributed by atoms with Crippen LogP contribution >= 0.6 is 12.2 Å². The second-order valence-corrected chi connectivity index (χ2v) is 4.78. The fourth-order valence-electron chi connectivity index (χ4n) is 2.00. The van der Waals surface area contributed by atoms with Crippen molar-refractivity contribution in [2.75, 3.05) is 6.61 Å². The van der Waals surface area contributed by atoms with E-state index in [2.05, 4.69) is 4.98 Å². The van der Waals surface area contributed by atoms with Crippen molar-refractivity contribution in [3.63, 3.8) is 0 Å². The Balaban J connectivity index is 2.45. The summed E-state index contributed by atoms with van der Waals surface area (Å²) in [4.78, 5) is 13.5. The summed E-state index contributed by atoms with van der Waals surface area (Å²) in [5, 5.41) is 29.1. The standard InChI is InChI=1S/C10H14N2O5S/c1-10(16)7(15)5(4-13)17-8(10)12-3-2-6(14)11-9(12)18/h2-3,5,7-8,13,15-16H,4H2,1H3,(H,11,14,18)/t5-,7?,8-,10?/m1/s1. The summed E-state index contributed by atoms with van der Waals surface area (Å²) in [6.07, 6.45) is -1.76. The maximum atomic E-state index is 11.1. The van der Waals surface area contributed by atoms with Gasteiger partial charge in [-0.15, -0.1) is 0 Å². The van der Waals surface area contributed by atoms with E-state index in [1.807, 2.05) is 0 Å². The Bertz CT molecular complexity index is 552. The van der Waals surface area contributed by atoms with Crippen LogP contribution in [0.2, 0.25) is 0 Å². The van der Waals surface area contributed by atoms with Crippen LogP contribution in [0, 0.1) is 4.77 Å². The molecule has 4 N–H and O–H groups in total. The Labute approximate surface area is 107 Å². The summed E-state index contributed by atoms with van der Waals surface area (Å²) in [6, 6.07) is 1.23. The molecule has 1 fully saturated rings. The Hall–Kier alpha value is -1.06. The molecule has 100 valence electrons. The molecule has 0 aliphatic carbocycles. The van der Waals surface area contributed by atoms with E-state index >= 15 is 0 Å². The predicted molar refractivity (Wildman–Crippen MR) is 63.5 cm³/mol. The third-order valence-electron chi connectivity index (χ3n) is 3.04. The number of aliphatic hydroxyl groups is 3. The average Bonchev–Trinajstić information content (AvgIpc) is 2.52. The highest BCUT2D eigenvalue weighted by Crippen LogP contribution is 2.37. The van der Waals surface area contributed by atoms with Gasteiger partial charge in [-0.1, -0.05) is 0 Å². The largest absolute Gasteiger partial charge is 0.394 e. The van der Waals surface area contributed by atoms with Crippen molar-refractivity contribution in [2.24, 2.45) is 0 Å². The Morgan fingerprint density at radius 1 is 1.67 bits per heavy atom. The van der Waals surface area contributed by atoms with Crippen LogP contribution in [0.3, 0.4) is 0 Å². The summed E-state index contributed by atoms with van der Waals surface area (Å²) in [6.45, 7) is 0.954. The first-order valence-electron chi connectivity index (χ1n) is 5.36. The molecule has 0 bridgehead atoms. The predicted octanol–water partition coefficient (Wildman–Crippen LogP) is -1.09. The zero-order valence-corrected chi connectivity index (χ0v) is 10.4. The van der Waals surface area contributed by atoms with E-state index in [9.17, 15) is 15.0 Å². The minimum atomic E-state index is -1.62. The van der Waals surface area contributed by atoms with Crippen molar-refractivity contribution >= 4 is 12.2 Å². The molecule has 2 unspecified atom stereocenters. The summed E-state index contributed by atoms with van der Waals surface area (Å²) >= 11 is 4.96. The molecular weight excluding hydrogens is 260 g/mol. The molecule has 0 saturated carbocycles. The Morgan fingerprint density at radius 2 is 2.33 bits per heavy atom. The highest BCUT2D eigenvalue weighted by molar-refractivity contribution is 7.71. The summed E-state index contributed by atoms with van der Waals surface area (Å²) in [5.74, 6) is 0. The van der Waals surface area contributed by atoms with Gasteiger partial charge in [0.25, 0.3) is 5.56 Å². The van der Waals surface area contributed by atoms with Crippen LogP contribution in [0.5, 0.6) is 0 Å². The molecule has 1 aromatic rings. The molecule has 0 spiro atoms. The van der Waals surface area contributed by atoms with E-state index in [1.54, 1.807) is 0 Å². The third kappa shape index (κ3) is 2.02. The number of nitrogens with zero attached hydrogens (tertiary/aromatic N) is 1. The number of aromatic amines is 1. The van der Waals surface area contributed by atoms with Gasteiger partial charge in [-0.3, -0.25) is 14.3 Å². The highest BCUT2D eigenvalue weighted by Gasteiger charge is 2.52. The molecule has 1 aliphatic heterocycles. The van der Waals surface area contributed by atoms with Crippen LogP contribution in [0.15, 0.2) is 17.1 Å². The van der Waals surface area contributed by atoms with E-state index in [0.29, 0.717) is 0 Å². The van der Waals surface area contributed by atoms with Gasteiger partial charge in [0.2, 0.25) is 0 Å². The molecule has 0 radical (unpaired) electrons. The van der Waals surface area contributed by atoms with Crippen molar-refractivity contribution in [1.29, 1.82) is 0 Å². The maximum Gasteiger partial charge on any atom is 0.251 e. The molecule has 2 rings (SSSR count). The number of nitrogens with one attached hydrogen (secondary N) is 1. The van der Waals surface area contributed by atoms with E-state index in [1.165, 1.54) is 23.8 Å². The Morgan fingerprint density at radius 3 is 2.83 bits per heavy atom. The second-order valence-electron chi connectivity index (χ2n) is 4.40. The molecule has 1 saturated heterocycles. The number of H-pyrrole nitrogens is 1. The molecule has 4 atom stereocenters. The number of aliphatic hydroxyl groups excluding tert-OH is 2. The highest BCUT2D eigenvalue weighted by atomic mass is 32.1. The van der Waals surface area contributed by atoms with Gasteiger partial charge in [0.15, 0.2) is 11.0 Å². The lowest BCUT2D eigenvalue weighted by molar-refractivity contribution is -0.0979. The quantitative estimate of drug-likeness (QED) is 0.510. The van der Waals surface area contributed by atoms with Gasteiger partial charge in [0, 0.05) is 12.3 Å². The van der Waals surface area contributed by atoms with E-state index in [0.717, 1.165) is 0 Å². The molecule has 18 heavy (non-hydrogen) atoms. The number of hydrogen-bond acceptors (Lipinski definition) is 6. The number of hydrogen-bond donors (Lipinski definition) is 4. The lowest BCUT2D eigenvalue weighted by atomic mass is 9.96. The van der Waals surface area contributed by atoms with Gasteiger partial charge < -0.3 is 20.1 Å². The first-order chi connectivity index (χ1) is 8.37. The van der Waals surface area contributed by atoms with E-state index < -0.39 is 30.6 Å². The monoisotopic (exact) mass is 274 g/mol. The zero-order chi connectivity index (χ0) is 13.5. The second kappa shape index (κ2) is 4.56. The average molecular weight is 274 g/mol.